The van der Waals surface area contributed by atoms with Crippen LogP contribution in [0.5, 0.6) is 0 Å². The van der Waals surface area contributed by atoms with E-state index in [1.165, 1.54) is 5.56 Å². The van der Waals surface area contributed by atoms with Gasteiger partial charge in [-0.1, -0.05) is 37.3 Å². The molecule has 138 valence electrons. The quantitative estimate of drug-likeness (QED) is 0.776. The second-order valence-electron chi connectivity index (χ2n) is 6.65. The Morgan fingerprint density at radius 1 is 1.19 bits per heavy atom. The van der Waals surface area contributed by atoms with Crippen LogP contribution in [0.2, 0.25) is 0 Å². The van der Waals surface area contributed by atoms with Crippen molar-refractivity contribution >= 4 is 5.91 Å². The summed E-state index contributed by atoms with van der Waals surface area (Å²) in [6.45, 7) is 4.34. The summed E-state index contributed by atoms with van der Waals surface area (Å²) in [6.07, 6.45) is 4.53. The Morgan fingerprint density at radius 3 is 2.78 bits per heavy atom. The lowest BCUT2D eigenvalue weighted by atomic mass is 10.0. The van der Waals surface area contributed by atoms with Gasteiger partial charge in [-0.05, 0) is 35.7 Å². The summed E-state index contributed by atoms with van der Waals surface area (Å²) in [6, 6.07) is 15.9. The summed E-state index contributed by atoms with van der Waals surface area (Å²) in [5, 5.41) is 7.60. The van der Waals surface area contributed by atoms with Crippen LogP contribution in [-0.2, 0) is 6.42 Å². The number of nitrogens with one attached hydrogen (secondary N) is 1. The first-order valence-electron chi connectivity index (χ1n) is 9.34. The predicted octanol–water partition coefficient (Wildman–Crippen LogP) is 2.62. The minimum Gasteiger partial charge on any atom is -0.328 e. The fourth-order valence-corrected chi connectivity index (χ4v) is 3.44. The second-order valence-corrected chi connectivity index (χ2v) is 6.65. The normalized spacial score (nSPS) is 17.1. The molecule has 1 amide bonds. The van der Waals surface area contributed by atoms with E-state index in [9.17, 15) is 4.79 Å². The summed E-state index contributed by atoms with van der Waals surface area (Å²) in [5.41, 5.74) is 2.89. The van der Waals surface area contributed by atoms with Crippen LogP contribution in [0.25, 0.3) is 5.82 Å². The van der Waals surface area contributed by atoms with E-state index in [1.807, 2.05) is 29.3 Å². The van der Waals surface area contributed by atoms with Crippen LogP contribution in [-0.4, -0.2) is 45.2 Å². The van der Waals surface area contributed by atoms with Crippen molar-refractivity contribution in [1.29, 1.82) is 0 Å². The number of rotatable bonds is 4. The van der Waals surface area contributed by atoms with Gasteiger partial charge >= 0.3 is 0 Å². The topological polar surface area (TPSA) is 63.1 Å². The molecule has 0 aliphatic carbocycles. The van der Waals surface area contributed by atoms with Gasteiger partial charge in [-0.15, -0.1) is 0 Å². The third kappa shape index (κ3) is 3.61. The van der Waals surface area contributed by atoms with E-state index >= 15 is 0 Å². The number of nitrogens with zero attached hydrogens (tertiary/aromatic N) is 4. The zero-order valence-electron chi connectivity index (χ0n) is 15.4. The van der Waals surface area contributed by atoms with Crippen LogP contribution < -0.4 is 5.32 Å². The molecular weight excluding hydrogens is 338 g/mol. The van der Waals surface area contributed by atoms with Crippen molar-refractivity contribution in [1.82, 2.24) is 25.0 Å². The molecule has 1 unspecified atom stereocenters. The number of pyridine rings is 1. The average Bonchev–Trinajstić information content (AvgIpc) is 3.28. The van der Waals surface area contributed by atoms with Crippen LogP contribution in [0.3, 0.4) is 0 Å². The number of hydrogen-bond acceptors (Lipinski definition) is 4. The zero-order valence-corrected chi connectivity index (χ0v) is 15.4. The standard InChI is InChI=1S/C21H23N5O/c1-2-16-7-9-17(10-8-16)19-15-22-12-14-25(19)21(27)18-5-3-6-20(24-18)26-13-4-11-23-26/h3-11,13,19,22H,2,12,14-15H2,1H3. The molecule has 6 heteroatoms. The lowest BCUT2D eigenvalue weighted by Gasteiger charge is -2.36. The lowest BCUT2D eigenvalue weighted by Crippen LogP contribution is -2.48. The Bertz CT molecular complexity index is 905. The second kappa shape index (κ2) is 7.72. The van der Waals surface area contributed by atoms with E-state index in [0.717, 1.165) is 25.1 Å². The summed E-state index contributed by atoms with van der Waals surface area (Å²) >= 11 is 0. The first-order chi connectivity index (χ1) is 13.3. The molecule has 0 spiro atoms. The van der Waals surface area contributed by atoms with Gasteiger partial charge in [0.2, 0.25) is 0 Å². The average molecular weight is 361 g/mol. The Hall–Kier alpha value is -2.99. The first kappa shape index (κ1) is 17.4. The van der Waals surface area contributed by atoms with Gasteiger partial charge in [0.1, 0.15) is 5.69 Å². The van der Waals surface area contributed by atoms with Gasteiger partial charge in [0, 0.05) is 32.0 Å². The Kier molecular flexibility index (Phi) is 4.98. The van der Waals surface area contributed by atoms with Crippen molar-refractivity contribution in [2.24, 2.45) is 0 Å². The number of aryl methyl sites for hydroxylation is 1. The third-order valence-electron chi connectivity index (χ3n) is 4.97. The Labute approximate surface area is 158 Å². The van der Waals surface area contributed by atoms with Crippen molar-refractivity contribution in [3.8, 4) is 5.82 Å². The molecular formula is C21H23N5O. The van der Waals surface area contributed by atoms with Crippen molar-refractivity contribution in [2.75, 3.05) is 19.6 Å². The van der Waals surface area contributed by atoms with Gasteiger partial charge < -0.3 is 10.2 Å². The molecule has 1 aliphatic heterocycles. The summed E-state index contributed by atoms with van der Waals surface area (Å²) < 4.78 is 1.66. The van der Waals surface area contributed by atoms with Crippen molar-refractivity contribution in [2.45, 2.75) is 19.4 Å². The van der Waals surface area contributed by atoms with Gasteiger partial charge in [0.05, 0.1) is 6.04 Å². The minimum atomic E-state index is -0.0462. The smallest absolute Gasteiger partial charge is 0.273 e. The highest BCUT2D eigenvalue weighted by Gasteiger charge is 2.29. The van der Waals surface area contributed by atoms with Crippen LogP contribution in [0.1, 0.15) is 34.6 Å². The van der Waals surface area contributed by atoms with Gasteiger partial charge in [0.25, 0.3) is 5.91 Å². The van der Waals surface area contributed by atoms with Crippen molar-refractivity contribution in [3.63, 3.8) is 0 Å². The Balaban J connectivity index is 1.61. The molecule has 0 saturated carbocycles. The molecule has 1 atom stereocenters. The molecule has 3 aromatic rings. The molecule has 1 saturated heterocycles. The Morgan fingerprint density at radius 2 is 2.04 bits per heavy atom. The molecule has 1 aromatic carbocycles. The molecule has 6 nitrogen and oxygen atoms in total. The molecule has 0 radical (unpaired) electrons. The maximum atomic E-state index is 13.2. The molecule has 27 heavy (non-hydrogen) atoms. The van der Waals surface area contributed by atoms with Crippen LogP contribution in [0.15, 0.2) is 60.9 Å². The highest BCUT2D eigenvalue weighted by molar-refractivity contribution is 5.93. The molecule has 3 heterocycles. The number of aromatic nitrogens is 3. The van der Waals surface area contributed by atoms with Crippen molar-refractivity contribution in [3.05, 3.63) is 77.7 Å². The monoisotopic (exact) mass is 361 g/mol. The van der Waals surface area contributed by atoms with Gasteiger partial charge in [0.15, 0.2) is 5.82 Å². The molecule has 4 rings (SSSR count). The SMILES string of the molecule is CCc1ccc(C2CNCCN2C(=O)c2cccc(-n3cccn3)n2)cc1. The van der Waals surface area contributed by atoms with Crippen LogP contribution in [0.4, 0.5) is 0 Å². The number of piperazine rings is 1. The summed E-state index contributed by atoms with van der Waals surface area (Å²) in [4.78, 5) is 19.7. The maximum Gasteiger partial charge on any atom is 0.273 e. The van der Waals surface area contributed by atoms with E-state index in [0.29, 0.717) is 18.1 Å². The van der Waals surface area contributed by atoms with Crippen LogP contribution >= 0.6 is 0 Å². The molecule has 1 N–H and O–H groups in total. The highest BCUT2D eigenvalue weighted by Crippen LogP contribution is 2.24. The van der Waals surface area contributed by atoms with E-state index in [1.54, 1.807) is 16.9 Å². The van der Waals surface area contributed by atoms with Crippen molar-refractivity contribution < 1.29 is 4.79 Å². The molecule has 2 aromatic heterocycles. The maximum absolute atomic E-state index is 13.2. The largest absolute Gasteiger partial charge is 0.328 e. The summed E-state index contributed by atoms with van der Waals surface area (Å²) in [5.74, 6) is 0.597. The minimum absolute atomic E-state index is 0.00677. The number of amides is 1. The van der Waals surface area contributed by atoms with E-state index in [4.69, 9.17) is 0 Å². The first-order valence-corrected chi connectivity index (χ1v) is 9.34. The van der Waals surface area contributed by atoms with E-state index in [2.05, 4.69) is 46.6 Å². The van der Waals surface area contributed by atoms with Gasteiger partial charge in [-0.3, -0.25) is 4.79 Å². The molecule has 0 bridgehead atoms. The summed E-state index contributed by atoms with van der Waals surface area (Å²) in [7, 11) is 0. The van der Waals surface area contributed by atoms with E-state index < -0.39 is 0 Å². The van der Waals surface area contributed by atoms with Gasteiger partial charge in [-0.2, -0.15) is 5.10 Å². The highest BCUT2D eigenvalue weighted by atomic mass is 16.2. The zero-order chi connectivity index (χ0) is 18.6. The van der Waals surface area contributed by atoms with Crippen LogP contribution in [0, 0.1) is 0 Å². The number of benzene rings is 1. The number of carbonyl (C=O) groups excluding carboxylic acids is 1. The molecule has 1 fully saturated rings. The number of carbonyl (C=O) groups is 1. The lowest BCUT2D eigenvalue weighted by molar-refractivity contribution is 0.0628. The number of hydrogen-bond donors (Lipinski definition) is 1. The fourth-order valence-electron chi connectivity index (χ4n) is 3.44. The van der Waals surface area contributed by atoms with Gasteiger partial charge in [-0.25, -0.2) is 9.67 Å². The fraction of sp³-hybridized carbons (Fsp3) is 0.286. The van der Waals surface area contributed by atoms with E-state index in [-0.39, 0.29) is 11.9 Å². The molecule has 1 aliphatic rings. The predicted molar refractivity (Wildman–Crippen MR) is 104 cm³/mol. The third-order valence-corrected chi connectivity index (χ3v) is 4.97.